The number of rotatable bonds is 7. The van der Waals surface area contributed by atoms with Gasteiger partial charge < -0.3 is 19.5 Å². The van der Waals surface area contributed by atoms with E-state index in [2.05, 4.69) is 18.3 Å². The quantitative estimate of drug-likeness (QED) is 0.298. The van der Waals surface area contributed by atoms with E-state index in [1.807, 2.05) is 60.7 Å². The molecule has 4 aromatic rings. The summed E-state index contributed by atoms with van der Waals surface area (Å²) in [5, 5.41) is 5.12. The van der Waals surface area contributed by atoms with Crippen LogP contribution in [0.2, 0.25) is 0 Å². The van der Waals surface area contributed by atoms with Gasteiger partial charge in [-0.2, -0.15) is 0 Å². The first kappa shape index (κ1) is 24.8. The molecule has 0 saturated carbocycles. The van der Waals surface area contributed by atoms with Gasteiger partial charge in [-0.15, -0.1) is 0 Å². The van der Waals surface area contributed by atoms with E-state index in [4.69, 9.17) is 14.2 Å². The minimum absolute atomic E-state index is 0.0121. The smallest absolute Gasteiger partial charge is 0.341 e. The van der Waals surface area contributed by atoms with Crippen molar-refractivity contribution in [2.45, 2.75) is 31.4 Å². The molecule has 6 heteroatoms. The van der Waals surface area contributed by atoms with Crippen LogP contribution in [-0.4, -0.2) is 32.8 Å². The lowest BCUT2D eigenvalue weighted by atomic mass is 9.83. The molecular formula is C31H30FNO4. The molecule has 0 fully saturated rings. The SMILES string of the molecule is COC(=O)c1cccc(C2CC(CNC(C)c3ccc(F)c4ccccc34)Oc3ccccc32)c1OC. The number of benzene rings is 4. The Bertz CT molecular complexity index is 1440. The Hall–Kier alpha value is -3.90. The Morgan fingerprint density at radius 2 is 1.70 bits per heavy atom. The van der Waals surface area contributed by atoms with Crippen LogP contribution in [0.1, 0.15) is 52.4 Å². The topological polar surface area (TPSA) is 56.8 Å². The number of fused-ring (bicyclic) bond motifs is 2. The second-order valence-corrected chi connectivity index (χ2v) is 9.30. The van der Waals surface area contributed by atoms with Crippen LogP contribution in [0.3, 0.4) is 0 Å². The molecule has 3 unspecified atom stereocenters. The van der Waals surface area contributed by atoms with Crippen molar-refractivity contribution in [2.24, 2.45) is 0 Å². The molecule has 0 radical (unpaired) electrons. The van der Waals surface area contributed by atoms with E-state index in [1.165, 1.54) is 13.2 Å². The zero-order chi connectivity index (χ0) is 25.9. The molecule has 0 bridgehead atoms. The number of ether oxygens (including phenoxy) is 3. The van der Waals surface area contributed by atoms with Gasteiger partial charge in [-0.1, -0.05) is 60.7 Å². The lowest BCUT2D eigenvalue weighted by Crippen LogP contribution is -2.37. The zero-order valence-electron chi connectivity index (χ0n) is 21.2. The predicted molar refractivity (Wildman–Crippen MR) is 142 cm³/mol. The molecule has 0 amide bonds. The maximum Gasteiger partial charge on any atom is 0.341 e. The number of carbonyl (C=O) groups excluding carboxylic acids is 1. The first-order chi connectivity index (χ1) is 18.0. The third-order valence-corrected chi connectivity index (χ3v) is 7.14. The molecule has 1 N–H and O–H groups in total. The average Bonchev–Trinajstić information content (AvgIpc) is 2.95. The number of hydrogen-bond donors (Lipinski definition) is 1. The Morgan fingerprint density at radius 3 is 2.49 bits per heavy atom. The van der Waals surface area contributed by atoms with E-state index in [0.717, 1.165) is 27.8 Å². The Labute approximate surface area is 216 Å². The number of hydrogen-bond acceptors (Lipinski definition) is 5. The van der Waals surface area contributed by atoms with Gasteiger partial charge >= 0.3 is 5.97 Å². The van der Waals surface area contributed by atoms with Crippen molar-refractivity contribution in [3.05, 3.63) is 107 Å². The summed E-state index contributed by atoms with van der Waals surface area (Å²) >= 11 is 0. The van der Waals surface area contributed by atoms with Gasteiger partial charge in [-0.25, -0.2) is 9.18 Å². The Balaban J connectivity index is 1.42. The van der Waals surface area contributed by atoms with Crippen LogP contribution >= 0.6 is 0 Å². The van der Waals surface area contributed by atoms with Gasteiger partial charge in [-0.05, 0) is 42.5 Å². The molecule has 37 heavy (non-hydrogen) atoms. The van der Waals surface area contributed by atoms with E-state index < -0.39 is 5.97 Å². The lowest BCUT2D eigenvalue weighted by Gasteiger charge is -2.34. The second-order valence-electron chi connectivity index (χ2n) is 9.30. The molecule has 4 aromatic carbocycles. The number of nitrogens with one attached hydrogen (secondary N) is 1. The third-order valence-electron chi connectivity index (χ3n) is 7.14. The van der Waals surface area contributed by atoms with Crippen molar-refractivity contribution >= 4 is 16.7 Å². The first-order valence-corrected chi connectivity index (χ1v) is 12.4. The molecule has 0 aromatic heterocycles. The average molecular weight is 500 g/mol. The van der Waals surface area contributed by atoms with Crippen LogP contribution in [0, 0.1) is 5.82 Å². The fraction of sp³-hybridized carbons (Fsp3) is 0.258. The lowest BCUT2D eigenvalue weighted by molar-refractivity contribution is 0.0596. The number of carbonyl (C=O) groups is 1. The summed E-state index contributed by atoms with van der Waals surface area (Å²) in [5.74, 6) is 0.658. The summed E-state index contributed by atoms with van der Waals surface area (Å²) in [4.78, 5) is 12.4. The highest BCUT2D eigenvalue weighted by Gasteiger charge is 2.32. The van der Waals surface area contributed by atoms with Crippen molar-refractivity contribution < 1.29 is 23.4 Å². The number of para-hydroxylation sites is 2. The van der Waals surface area contributed by atoms with Gasteiger partial charge in [0.15, 0.2) is 0 Å². The minimum atomic E-state index is -0.433. The van der Waals surface area contributed by atoms with E-state index >= 15 is 0 Å². The third kappa shape index (κ3) is 4.77. The van der Waals surface area contributed by atoms with Gasteiger partial charge in [0.25, 0.3) is 0 Å². The summed E-state index contributed by atoms with van der Waals surface area (Å²) < 4.78 is 31.4. The second kappa shape index (κ2) is 10.6. The van der Waals surface area contributed by atoms with E-state index in [-0.39, 0.29) is 23.9 Å². The first-order valence-electron chi connectivity index (χ1n) is 12.4. The van der Waals surface area contributed by atoms with Crippen molar-refractivity contribution in [2.75, 3.05) is 20.8 Å². The van der Waals surface area contributed by atoms with Crippen LogP contribution in [-0.2, 0) is 4.74 Å². The van der Waals surface area contributed by atoms with Crippen LogP contribution in [0.5, 0.6) is 11.5 Å². The summed E-state index contributed by atoms with van der Waals surface area (Å²) in [7, 11) is 2.94. The summed E-state index contributed by atoms with van der Waals surface area (Å²) in [5.41, 5.74) is 3.41. The number of methoxy groups -OCH3 is 2. The molecule has 0 saturated heterocycles. The van der Waals surface area contributed by atoms with E-state index in [1.54, 1.807) is 13.2 Å². The monoisotopic (exact) mass is 499 g/mol. The molecular weight excluding hydrogens is 469 g/mol. The number of halogens is 1. The molecule has 3 atom stereocenters. The van der Waals surface area contributed by atoms with Crippen LogP contribution < -0.4 is 14.8 Å². The van der Waals surface area contributed by atoms with Gasteiger partial charge in [0.05, 0.1) is 14.2 Å². The summed E-state index contributed by atoms with van der Waals surface area (Å²) in [6.45, 7) is 2.67. The van der Waals surface area contributed by atoms with Gasteiger partial charge in [0.2, 0.25) is 0 Å². The normalized spacial score (nSPS) is 17.5. The highest BCUT2D eigenvalue weighted by molar-refractivity contribution is 5.93. The van der Waals surface area contributed by atoms with E-state index in [0.29, 0.717) is 29.7 Å². The van der Waals surface area contributed by atoms with Crippen molar-refractivity contribution in [1.82, 2.24) is 5.32 Å². The van der Waals surface area contributed by atoms with Crippen LogP contribution in [0.4, 0.5) is 4.39 Å². The predicted octanol–water partition coefficient (Wildman–Crippen LogP) is 6.41. The Kier molecular flexibility index (Phi) is 7.10. The minimum Gasteiger partial charge on any atom is -0.496 e. The molecule has 5 rings (SSSR count). The Morgan fingerprint density at radius 1 is 0.973 bits per heavy atom. The summed E-state index contributed by atoms with van der Waals surface area (Å²) in [6, 6.07) is 24.5. The molecule has 190 valence electrons. The molecule has 1 aliphatic rings. The molecule has 0 spiro atoms. The highest BCUT2D eigenvalue weighted by atomic mass is 19.1. The van der Waals surface area contributed by atoms with Crippen LogP contribution in [0.15, 0.2) is 78.9 Å². The standard InChI is InChI=1S/C31H30FNO4/c1-19(21-15-16-28(32)23-10-5-4-9-22(21)23)33-18-20-17-27(24-11-6-7-14-29(24)37-20)25-12-8-13-26(30(25)35-2)31(34)36-3/h4-16,19-20,27,33H,17-18H2,1-3H3. The van der Waals surface area contributed by atoms with E-state index in [9.17, 15) is 9.18 Å². The molecule has 1 heterocycles. The fourth-order valence-corrected chi connectivity index (χ4v) is 5.32. The summed E-state index contributed by atoms with van der Waals surface area (Å²) in [6.07, 6.45) is 0.572. The zero-order valence-corrected chi connectivity index (χ0v) is 21.2. The highest BCUT2D eigenvalue weighted by Crippen LogP contribution is 2.44. The maximum absolute atomic E-state index is 14.3. The van der Waals surface area contributed by atoms with Crippen molar-refractivity contribution in [1.29, 1.82) is 0 Å². The molecule has 5 nitrogen and oxygen atoms in total. The maximum atomic E-state index is 14.3. The van der Waals surface area contributed by atoms with Crippen molar-refractivity contribution in [3.8, 4) is 11.5 Å². The largest absolute Gasteiger partial charge is 0.496 e. The van der Waals surface area contributed by atoms with Crippen molar-refractivity contribution in [3.63, 3.8) is 0 Å². The molecule has 1 aliphatic heterocycles. The van der Waals surface area contributed by atoms with Gasteiger partial charge in [0.1, 0.15) is 29.0 Å². The van der Waals surface area contributed by atoms with Gasteiger partial charge in [0, 0.05) is 35.0 Å². The number of esters is 1. The molecule has 0 aliphatic carbocycles. The van der Waals surface area contributed by atoms with Crippen LogP contribution in [0.25, 0.3) is 10.8 Å². The fourth-order valence-electron chi connectivity index (χ4n) is 5.32. The van der Waals surface area contributed by atoms with Gasteiger partial charge in [-0.3, -0.25) is 0 Å².